The van der Waals surface area contributed by atoms with Gasteiger partial charge >= 0.3 is 5.97 Å². The number of carbonyl (C=O) groups is 1. The maximum absolute atomic E-state index is 11.6. The lowest BCUT2D eigenvalue weighted by atomic mass is 10.1. The molecule has 0 amide bonds. The molecule has 0 N–H and O–H groups in total. The summed E-state index contributed by atoms with van der Waals surface area (Å²) in [6, 6.07) is 0. The highest BCUT2D eigenvalue weighted by atomic mass is 16.5. The van der Waals surface area contributed by atoms with Crippen LogP contribution >= 0.6 is 0 Å². The molecule has 0 fully saturated rings. The SMILES string of the molecule is CCCn1nnc(C(=O)OCC)c1C(C)C. The molecule has 0 aliphatic carbocycles. The molecule has 0 aromatic carbocycles. The summed E-state index contributed by atoms with van der Waals surface area (Å²) >= 11 is 0. The van der Waals surface area contributed by atoms with Crippen LogP contribution in [-0.2, 0) is 11.3 Å². The van der Waals surface area contributed by atoms with Crippen LogP contribution in [0.15, 0.2) is 0 Å². The van der Waals surface area contributed by atoms with Crippen molar-refractivity contribution in [2.45, 2.75) is 46.6 Å². The van der Waals surface area contributed by atoms with Crippen LogP contribution in [0.4, 0.5) is 0 Å². The fourth-order valence-electron chi connectivity index (χ4n) is 1.61. The molecule has 0 aliphatic heterocycles. The molecule has 0 saturated carbocycles. The van der Waals surface area contributed by atoms with Gasteiger partial charge in [0, 0.05) is 6.54 Å². The molecule has 0 spiro atoms. The molecule has 16 heavy (non-hydrogen) atoms. The topological polar surface area (TPSA) is 57.0 Å². The van der Waals surface area contributed by atoms with Crippen molar-refractivity contribution in [1.29, 1.82) is 0 Å². The van der Waals surface area contributed by atoms with Gasteiger partial charge in [0.25, 0.3) is 0 Å². The Kier molecular flexibility index (Phi) is 4.46. The highest BCUT2D eigenvalue weighted by Crippen LogP contribution is 2.18. The molecule has 0 atom stereocenters. The van der Waals surface area contributed by atoms with Crippen molar-refractivity contribution >= 4 is 5.97 Å². The van der Waals surface area contributed by atoms with Gasteiger partial charge in [-0.3, -0.25) is 0 Å². The highest BCUT2D eigenvalue weighted by Gasteiger charge is 2.22. The van der Waals surface area contributed by atoms with E-state index in [1.165, 1.54) is 0 Å². The average Bonchev–Trinajstić information content (AvgIpc) is 2.62. The minimum Gasteiger partial charge on any atom is -0.461 e. The van der Waals surface area contributed by atoms with E-state index in [4.69, 9.17) is 4.74 Å². The second kappa shape index (κ2) is 5.63. The van der Waals surface area contributed by atoms with Crippen molar-refractivity contribution in [3.05, 3.63) is 11.4 Å². The van der Waals surface area contributed by atoms with E-state index in [1.54, 1.807) is 11.6 Å². The number of nitrogens with zero attached hydrogens (tertiary/aromatic N) is 3. The van der Waals surface area contributed by atoms with Crippen molar-refractivity contribution in [3.63, 3.8) is 0 Å². The van der Waals surface area contributed by atoms with Crippen LogP contribution in [0.3, 0.4) is 0 Å². The van der Waals surface area contributed by atoms with Crippen molar-refractivity contribution < 1.29 is 9.53 Å². The van der Waals surface area contributed by atoms with E-state index in [0.29, 0.717) is 12.3 Å². The Labute approximate surface area is 95.8 Å². The smallest absolute Gasteiger partial charge is 0.360 e. The molecule has 0 aliphatic rings. The molecule has 1 aromatic heterocycles. The van der Waals surface area contributed by atoms with Crippen LogP contribution < -0.4 is 0 Å². The Hall–Kier alpha value is -1.39. The van der Waals surface area contributed by atoms with E-state index in [-0.39, 0.29) is 11.9 Å². The van der Waals surface area contributed by atoms with Crippen LogP contribution in [0, 0.1) is 0 Å². The van der Waals surface area contributed by atoms with E-state index < -0.39 is 0 Å². The third-order valence-corrected chi connectivity index (χ3v) is 2.22. The van der Waals surface area contributed by atoms with Crippen LogP contribution in [-0.4, -0.2) is 27.6 Å². The Morgan fingerprint density at radius 3 is 2.62 bits per heavy atom. The number of hydrogen-bond donors (Lipinski definition) is 0. The number of ether oxygens (including phenoxy) is 1. The molecule has 0 bridgehead atoms. The number of rotatable bonds is 5. The normalized spacial score (nSPS) is 10.8. The van der Waals surface area contributed by atoms with Crippen molar-refractivity contribution in [2.24, 2.45) is 0 Å². The Morgan fingerprint density at radius 1 is 1.44 bits per heavy atom. The van der Waals surface area contributed by atoms with Gasteiger partial charge in [0.15, 0.2) is 5.69 Å². The van der Waals surface area contributed by atoms with Gasteiger partial charge in [-0.1, -0.05) is 26.0 Å². The van der Waals surface area contributed by atoms with Gasteiger partial charge in [0.2, 0.25) is 0 Å². The van der Waals surface area contributed by atoms with Crippen molar-refractivity contribution in [3.8, 4) is 0 Å². The zero-order chi connectivity index (χ0) is 12.1. The molecule has 1 aromatic rings. The lowest BCUT2D eigenvalue weighted by Gasteiger charge is -2.09. The first-order valence-corrected chi connectivity index (χ1v) is 5.72. The first-order valence-electron chi connectivity index (χ1n) is 5.72. The number of aromatic nitrogens is 3. The first-order chi connectivity index (χ1) is 7.61. The van der Waals surface area contributed by atoms with Crippen LogP contribution in [0.25, 0.3) is 0 Å². The fraction of sp³-hybridized carbons (Fsp3) is 0.727. The zero-order valence-electron chi connectivity index (χ0n) is 10.4. The maximum Gasteiger partial charge on any atom is 0.360 e. The highest BCUT2D eigenvalue weighted by molar-refractivity contribution is 5.88. The Morgan fingerprint density at radius 2 is 2.12 bits per heavy atom. The number of aryl methyl sites for hydroxylation is 1. The van der Waals surface area contributed by atoms with Gasteiger partial charge in [-0.15, -0.1) is 5.10 Å². The molecule has 0 saturated heterocycles. The van der Waals surface area contributed by atoms with Crippen LogP contribution in [0.2, 0.25) is 0 Å². The Bertz CT molecular complexity index is 358. The molecule has 5 nitrogen and oxygen atoms in total. The summed E-state index contributed by atoms with van der Waals surface area (Å²) in [5.41, 5.74) is 1.21. The number of esters is 1. The molecular formula is C11H19N3O2. The second-order valence-corrected chi connectivity index (χ2v) is 3.92. The van der Waals surface area contributed by atoms with E-state index in [9.17, 15) is 4.79 Å². The summed E-state index contributed by atoms with van der Waals surface area (Å²) in [4.78, 5) is 11.6. The summed E-state index contributed by atoms with van der Waals surface area (Å²) < 4.78 is 6.74. The summed E-state index contributed by atoms with van der Waals surface area (Å²) in [6.45, 7) is 9.03. The second-order valence-electron chi connectivity index (χ2n) is 3.92. The van der Waals surface area contributed by atoms with E-state index in [1.807, 2.05) is 13.8 Å². The van der Waals surface area contributed by atoms with Gasteiger partial charge in [0.1, 0.15) is 0 Å². The number of carbonyl (C=O) groups excluding carboxylic acids is 1. The predicted molar refractivity (Wildman–Crippen MR) is 60.4 cm³/mol. The average molecular weight is 225 g/mol. The summed E-state index contributed by atoms with van der Waals surface area (Å²) in [5.74, 6) is -0.172. The maximum atomic E-state index is 11.6. The lowest BCUT2D eigenvalue weighted by Crippen LogP contribution is -2.12. The molecule has 0 unspecified atom stereocenters. The molecule has 0 radical (unpaired) electrons. The minimum absolute atomic E-state index is 0.209. The summed E-state index contributed by atoms with van der Waals surface area (Å²) in [7, 11) is 0. The monoisotopic (exact) mass is 225 g/mol. The summed E-state index contributed by atoms with van der Waals surface area (Å²) in [5, 5.41) is 7.91. The quantitative estimate of drug-likeness (QED) is 0.719. The molecular weight excluding hydrogens is 206 g/mol. The standard InChI is InChI=1S/C11H19N3O2/c1-5-7-14-10(8(3)4)9(12-13-14)11(15)16-6-2/h8H,5-7H2,1-4H3. The van der Waals surface area contributed by atoms with Gasteiger partial charge < -0.3 is 4.74 Å². The van der Waals surface area contributed by atoms with E-state index in [2.05, 4.69) is 17.2 Å². The third-order valence-electron chi connectivity index (χ3n) is 2.22. The van der Waals surface area contributed by atoms with Crippen LogP contribution in [0.1, 0.15) is 56.2 Å². The lowest BCUT2D eigenvalue weighted by molar-refractivity contribution is 0.0517. The molecule has 90 valence electrons. The summed E-state index contributed by atoms with van der Waals surface area (Å²) in [6.07, 6.45) is 0.964. The predicted octanol–water partition coefficient (Wildman–Crippen LogP) is 1.99. The Balaban J connectivity index is 3.04. The largest absolute Gasteiger partial charge is 0.461 e. The first kappa shape index (κ1) is 12.7. The van der Waals surface area contributed by atoms with Crippen LogP contribution in [0.5, 0.6) is 0 Å². The molecule has 5 heteroatoms. The van der Waals surface area contributed by atoms with Gasteiger partial charge in [-0.05, 0) is 19.3 Å². The van der Waals surface area contributed by atoms with Crippen molar-refractivity contribution in [1.82, 2.24) is 15.0 Å². The third kappa shape index (κ3) is 2.59. The van der Waals surface area contributed by atoms with Gasteiger partial charge in [-0.25, -0.2) is 9.48 Å². The van der Waals surface area contributed by atoms with Crippen molar-refractivity contribution in [2.75, 3.05) is 6.61 Å². The zero-order valence-corrected chi connectivity index (χ0v) is 10.4. The minimum atomic E-state index is -0.381. The van der Waals surface area contributed by atoms with Gasteiger partial charge in [0.05, 0.1) is 12.3 Å². The van der Waals surface area contributed by atoms with E-state index in [0.717, 1.165) is 18.7 Å². The van der Waals surface area contributed by atoms with Gasteiger partial charge in [-0.2, -0.15) is 0 Å². The molecule has 1 rings (SSSR count). The number of hydrogen-bond acceptors (Lipinski definition) is 4. The van der Waals surface area contributed by atoms with E-state index >= 15 is 0 Å². The fourth-order valence-corrected chi connectivity index (χ4v) is 1.61. The molecule has 1 heterocycles.